The van der Waals surface area contributed by atoms with Crippen molar-refractivity contribution in [3.05, 3.63) is 35.0 Å². The molecule has 1 N–H and O–H groups in total. The van der Waals surface area contributed by atoms with Crippen LogP contribution in [0.1, 0.15) is 17.9 Å². The zero-order valence-corrected chi connectivity index (χ0v) is 10.0. The summed E-state index contributed by atoms with van der Waals surface area (Å²) >= 11 is 1.80. The van der Waals surface area contributed by atoms with Crippen LogP contribution in [0.3, 0.4) is 0 Å². The second-order valence-electron chi connectivity index (χ2n) is 3.59. The molecule has 15 heavy (non-hydrogen) atoms. The SMILES string of the molecule is C=CCN1CC[C@@H](c2ccsc2)C1.CO. The molecule has 0 aromatic carbocycles. The maximum atomic E-state index is 7.00. The van der Waals surface area contributed by atoms with Crippen LogP contribution >= 0.6 is 11.3 Å². The van der Waals surface area contributed by atoms with E-state index in [1.54, 1.807) is 11.3 Å². The Morgan fingerprint density at radius 1 is 1.67 bits per heavy atom. The number of aliphatic hydroxyl groups is 1. The van der Waals surface area contributed by atoms with Crippen molar-refractivity contribution in [2.24, 2.45) is 0 Å². The molecule has 1 atom stereocenters. The highest BCUT2D eigenvalue weighted by Gasteiger charge is 2.22. The van der Waals surface area contributed by atoms with Crippen LogP contribution in [0, 0.1) is 0 Å². The molecule has 0 aliphatic carbocycles. The first-order valence-corrected chi connectivity index (χ1v) is 6.14. The fourth-order valence-corrected chi connectivity index (χ4v) is 2.70. The van der Waals surface area contributed by atoms with Crippen LogP contribution in [0.5, 0.6) is 0 Å². The first-order chi connectivity index (χ1) is 7.40. The lowest BCUT2D eigenvalue weighted by molar-refractivity contribution is 0.372. The summed E-state index contributed by atoms with van der Waals surface area (Å²) in [6.45, 7) is 7.25. The molecular formula is C12H19NOS. The molecule has 1 aromatic rings. The highest BCUT2D eigenvalue weighted by molar-refractivity contribution is 7.07. The number of hydrogen-bond acceptors (Lipinski definition) is 3. The summed E-state index contributed by atoms with van der Waals surface area (Å²) in [6, 6.07) is 2.26. The van der Waals surface area contributed by atoms with E-state index >= 15 is 0 Å². The summed E-state index contributed by atoms with van der Waals surface area (Å²) in [7, 11) is 1.00. The molecule has 1 saturated heterocycles. The van der Waals surface area contributed by atoms with Crippen molar-refractivity contribution in [2.45, 2.75) is 12.3 Å². The van der Waals surface area contributed by atoms with Gasteiger partial charge in [-0.1, -0.05) is 6.08 Å². The van der Waals surface area contributed by atoms with Gasteiger partial charge < -0.3 is 5.11 Å². The van der Waals surface area contributed by atoms with E-state index in [-0.39, 0.29) is 0 Å². The summed E-state index contributed by atoms with van der Waals surface area (Å²) in [5.41, 5.74) is 1.52. The fraction of sp³-hybridized carbons (Fsp3) is 0.500. The third-order valence-corrected chi connectivity index (χ3v) is 3.38. The van der Waals surface area contributed by atoms with Crippen molar-refractivity contribution in [3.63, 3.8) is 0 Å². The molecule has 0 spiro atoms. The number of aliphatic hydroxyl groups excluding tert-OH is 1. The number of hydrogen-bond donors (Lipinski definition) is 1. The molecule has 84 valence electrons. The Labute approximate surface area is 95.9 Å². The molecule has 0 bridgehead atoms. The Kier molecular flexibility index (Phi) is 5.61. The summed E-state index contributed by atoms with van der Waals surface area (Å²) in [6.07, 6.45) is 3.31. The summed E-state index contributed by atoms with van der Waals surface area (Å²) in [5.74, 6) is 0.770. The van der Waals surface area contributed by atoms with Gasteiger partial charge in [-0.3, -0.25) is 4.90 Å². The topological polar surface area (TPSA) is 23.5 Å². The monoisotopic (exact) mass is 225 g/mol. The minimum absolute atomic E-state index is 0.770. The van der Waals surface area contributed by atoms with Gasteiger partial charge in [0, 0.05) is 20.2 Å². The lowest BCUT2D eigenvalue weighted by atomic mass is 10.0. The molecule has 0 unspecified atom stereocenters. The Hall–Kier alpha value is -0.640. The second-order valence-corrected chi connectivity index (χ2v) is 4.37. The van der Waals surface area contributed by atoms with Crippen LogP contribution < -0.4 is 0 Å². The van der Waals surface area contributed by atoms with Gasteiger partial charge in [0.2, 0.25) is 0 Å². The molecule has 1 aromatic heterocycles. The summed E-state index contributed by atoms with van der Waals surface area (Å²) < 4.78 is 0. The van der Waals surface area contributed by atoms with E-state index in [1.807, 2.05) is 6.08 Å². The summed E-state index contributed by atoms with van der Waals surface area (Å²) in [4.78, 5) is 2.47. The fourth-order valence-electron chi connectivity index (χ4n) is 1.96. The Morgan fingerprint density at radius 3 is 3.07 bits per heavy atom. The molecule has 2 nitrogen and oxygen atoms in total. The number of rotatable bonds is 3. The van der Waals surface area contributed by atoms with Crippen LogP contribution in [-0.2, 0) is 0 Å². The molecule has 1 aliphatic rings. The smallest absolute Gasteiger partial charge is 0.0319 e. The summed E-state index contributed by atoms with van der Waals surface area (Å²) in [5, 5.41) is 11.5. The van der Waals surface area contributed by atoms with E-state index < -0.39 is 0 Å². The molecule has 3 heteroatoms. The average Bonchev–Trinajstić information content (AvgIpc) is 2.89. The molecule has 0 radical (unpaired) electrons. The van der Waals surface area contributed by atoms with Gasteiger partial charge >= 0.3 is 0 Å². The normalized spacial score (nSPS) is 20.8. The van der Waals surface area contributed by atoms with Crippen molar-refractivity contribution in [2.75, 3.05) is 26.7 Å². The van der Waals surface area contributed by atoms with Crippen molar-refractivity contribution >= 4 is 11.3 Å². The zero-order chi connectivity index (χ0) is 11.1. The molecule has 0 amide bonds. The number of thiophene rings is 1. The third kappa shape index (κ3) is 3.45. The predicted molar refractivity (Wildman–Crippen MR) is 66.5 cm³/mol. The standard InChI is InChI=1S/C11H15NS.CH4O/c1-2-5-12-6-3-10(8-12)11-4-7-13-9-11;1-2/h2,4,7,9-10H,1,3,5-6,8H2;2H,1H3/t10-;/m1./s1. The van der Waals surface area contributed by atoms with Crippen LogP contribution in [0.2, 0.25) is 0 Å². The van der Waals surface area contributed by atoms with E-state index in [1.165, 1.54) is 25.1 Å². The van der Waals surface area contributed by atoms with E-state index in [0.717, 1.165) is 19.6 Å². The number of likely N-dealkylation sites (tertiary alicyclic amines) is 1. The van der Waals surface area contributed by atoms with Gasteiger partial charge in [0.1, 0.15) is 0 Å². The van der Waals surface area contributed by atoms with Gasteiger partial charge in [-0.05, 0) is 41.3 Å². The van der Waals surface area contributed by atoms with Crippen LogP contribution in [0.15, 0.2) is 29.5 Å². The minimum Gasteiger partial charge on any atom is -0.400 e. The highest BCUT2D eigenvalue weighted by Crippen LogP contribution is 2.28. The van der Waals surface area contributed by atoms with Crippen LogP contribution in [0.4, 0.5) is 0 Å². The van der Waals surface area contributed by atoms with Gasteiger partial charge in [-0.25, -0.2) is 0 Å². The van der Waals surface area contributed by atoms with Gasteiger partial charge in [-0.15, -0.1) is 6.58 Å². The van der Waals surface area contributed by atoms with E-state index in [2.05, 4.69) is 28.3 Å². The molecular weight excluding hydrogens is 206 g/mol. The minimum atomic E-state index is 0.770. The first kappa shape index (κ1) is 12.4. The lowest BCUT2D eigenvalue weighted by Gasteiger charge is -2.12. The molecule has 1 fully saturated rings. The first-order valence-electron chi connectivity index (χ1n) is 5.20. The molecule has 2 heterocycles. The van der Waals surface area contributed by atoms with E-state index in [9.17, 15) is 0 Å². The quantitative estimate of drug-likeness (QED) is 0.798. The Bertz CT molecular complexity index is 271. The predicted octanol–water partition coefficient (Wildman–Crippen LogP) is 2.33. The van der Waals surface area contributed by atoms with Crippen molar-refractivity contribution < 1.29 is 5.11 Å². The van der Waals surface area contributed by atoms with Gasteiger partial charge in [0.15, 0.2) is 0 Å². The highest BCUT2D eigenvalue weighted by atomic mass is 32.1. The van der Waals surface area contributed by atoms with Crippen LogP contribution in [-0.4, -0.2) is 36.8 Å². The van der Waals surface area contributed by atoms with Crippen molar-refractivity contribution in [1.29, 1.82) is 0 Å². The molecule has 2 rings (SSSR count). The van der Waals surface area contributed by atoms with E-state index in [4.69, 9.17) is 5.11 Å². The van der Waals surface area contributed by atoms with Crippen molar-refractivity contribution in [1.82, 2.24) is 4.90 Å². The van der Waals surface area contributed by atoms with Gasteiger partial charge in [-0.2, -0.15) is 11.3 Å². The number of nitrogens with zero attached hydrogens (tertiary/aromatic N) is 1. The largest absolute Gasteiger partial charge is 0.400 e. The lowest BCUT2D eigenvalue weighted by Crippen LogP contribution is -2.19. The maximum absolute atomic E-state index is 7.00. The van der Waals surface area contributed by atoms with Crippen molar-refractivity contribution in [3.8, 4) is 0 Å². The maximum Gasteiger partial charge on any atom is 0.0319 e. The van der Waals surface area contributed by atoms with E-state index in [0.29, 0.717) is 0 Å². The second kappa shape index (κ2) is 6.77. The van der Waals surface area contributed by atoms with Gasteiger partial charge in [0.05, 0.1) is 0 Å². The Balaban J connectivity index is 0.000000531. The zero-order valence-electron chi connectivity index (χ0n) is 9.22. The average molecular weight is 225 g/mol. The van der Waals surface area contributed by atoms with Gasteiger partial charge in [0.25, 0.3) is 0 Å². The molecule has 1 aliphatic heterocycles. The molecule has 0 saturated carbocycles. The third-order valence-electron chi connectivity index (χ3n) is 2.67. The van der Waals surface area contributed by atoms with Crippen LogP contribution in [0.25, 0.3) is 0 Å². The Morgan fingerprint density at radius 2 is 2.47 bits per heavy atom.